The van der Waals surface area contributed by atoms with Crippen molar-refractivity contribution in [3.05, 3.63) is 20.6 Å². The van der Waals surface area contributed by atoms with Crippen LogP contribution in [-0.4, -0.2) is 31.9 Å². The van der Waals surface area contributed by atoms with Gasteiger partial charge in [-0.3, -0.25) is 0 Å². The van der Waals surface area contributed by atoms with Crippen LogP contribution in [-0.2, 0) is 20.2 Å². The zero-order valence-corrected chi connectivity index (χ0v) is 21.6. The third kappa shape index (κ3) is 6.80. The number of halogens is 3. The van der Waals surface area contributed by atoms with Gasteiger partial charge in [0.2, 0.25) is 0 Å². The van der Waals surface area contributed by atoms with Gasteiger partial charge in [0.05, 0.1) is 30.8 Å². The molecule has 1 rings (SSSR count). The zero-order chi connectivity index (χ0) is 16.0. The number of benzene rings is 1. The number of aromatic carboxylic acids is 1. The summed E-state index contributed by atoms with van der Waals surface area (Å²) in [6.45, 7) is 0. The Balaban J connectivity index is -0.00000133. The van der Waals surface area contributed by atoms with Crippen molar-refractivity contribution in [2.24, 2.45) is 0 Å². The molecule has 0 N–H and O–H groups in total. The zero-order valence-electron chi connectivity index (χ0n) is 11.7. The molecule has 0 saturated carbocycles. The van der Waals surface area contributed by atoms with E-state index in [9.17, 15) is 35.8 Å². The van der Waals surface area contributed by atoms with Gasteiger partial charge in [0.15, 0.2) is 0 Å². The van der Waals surface area contributed by atoms with Crippen LogP contribution in [0.4, 0.5) is 0 Å². The Morgan fingerprint density at radius 2 is 1.00 bits per heavy atom. The number of rotatable bonds is 3. The molecule has 0 radical (unpaired) electrons. The van der Waals surface area contributed by atoms with Crippen molar-refractivity contribution in [1.82, 2.24) is 0 Å². The van der Waals surface area contributed by atoms with E-state index < -0.39 is 56.6 Å². The van der Waals surface area contributed by atoms with Crippen molar-refractivity contribution in [3.8, 4) is 0 Å². The summed E-state index contributed by atoms with van der Waals surface area (Å²) in [5.41, 5.74) is -1.35. The monoisotopic (exact) mass is 450 g/mol. The number of hydrogen-bond acceptors (Lipinski definition) is 8. The molecule has 1 aromatic rings. The second-order valence-electron chi connectivity index (χ2n) is 3.17. The maximum Gasteiger partial charge on any atom is 1.00 e. The van der Waals surface area contributed by atoms with Crippen LogP contribution in [0.25, 0.3) is 0 Å². The third-order valence-corrected chi connectivity index (χ3v) is 5.34. The van der Waals surface area contributed by atoms with Crippen molar-refractivity contribution in [3.63, 3.8) is 0 Å². The van der Waals surface area contributed by atoms with E-state index in [-0.39, 0.29) is 88.7 Å². The molecule has 0 unspecified atom stereocenters. The molecule has 0 aliphatic heterocycles. The summed E-state index contributed by atoms with van der Waals surface area (Å²) in [4.78, 5) is 7.63. The molecule has 0 atom stereocenters. The molecule has 0 heterocycles. The van der Waals surface area contributed by atoms with E-state index >= 15 is 0 Å². The van der Waals surface area contributed by atoms with Crippen LogP contribution in [0.5, 0.6) is 0 Å². The minimum atomic E-state index is -5.49. The van der Waals surface area contributed by atoms with Crippen LogP contribution < -0.4 is 93.8 Å². The molecule has 0 spiro atoms. The van der Waals surface area contributed by atoms with Crippen molar-refractivity contribution in [2.45, 2.75) is 9.79 Å². The van der Waals surface area contributed by atoms with Crippen LogP contribution in [0.1, 0.15) is 10.4 Å². The fourth-order valence-electron chi connectivity index (χ4n) is 1.24. The largest absolute Gasteiger partial charge is 1.00 e. The maximum absolute atomic E-state index is 11.0. The van der Waals surface area contributed by atoms with Crippen molar-refractivity contribution >= 4 is 61.0 Å². The Bertz CT molecular complexity index is 765. The SMILES string of the molecule is O=C([O-])c1c(Cl)c(S(=O)(=O)[O-])c(Cl)c(S(=O)(=O)[O-])c1Cl.[Na+].[Na+].[Na+]. The Morgan fingerprint density at radius 3 is 1.17 bits per heavy atom. The minimum Gasteiger partial charge on any atom is -0.744 e. The first-order valence-corrected chi connectivity index (χ1v) is 8.08. The van der Waals surface area contributed by atoms with E-state index in [1.165, 1.54) is 0 Å². The molecule has 0 amide bonds. The molecule has 0 aliphatic rings. The van der Waals surface area contributed by atoms with Crippen LogP contribution >= 0.6 is 34.8 Å². The second kappa shape index (κ2) is 10.6. The molecule has 0 aromatic heterocycles. The van der Waals surface area contributed by atoms with Crippen LogP contribution in [0.2, 0.25) is 15.1 Å². The first-order valence-electron chi connectivity index (χ1n) is 4.13. The number of carboxylic acids is 1. The molecule has 112 valence electrons. The molecule has 16 heteroatoms. The van der Waals surface area contributed by atoms with Crippen molar-refractivity contribution in [1.29, 1.82) is 0 Å². The second-order valence-corrected chi connectivity index (χ2v) is 6.94. The Kier molecular flexibility index (Phi) is 13.9. The Labute approximate surface area is 212 Å². The van der Waals surface area contributed by atoms with E-state index in [4.69, 9.17) is 34.8 Å². The van der Waals surface area contributed by atoms with Gasteiger partial charge in [0.25, 0.3) is 0 Å². The average Bonchev–Trinajstić information content (AvgIpc) is 2.09. The van der Waals surface area contributed by atoms with Crippen molar-refractivity contribution < 1.29 is 125 Å². The summed E-state index contributed by atoms with van der Waals surface area (Å²) < 4.78 is 65.8. The Morgan fingerprint density at radius 1 is 0.739 bits per heavy atom. The summed E-state index contributed by atoms with van der Waals surface area (Å²) >= 11 is 16.0. The standard InChI is InChI=1S/C7H3Cl3O8S2.3Na/c8-2-1(7(11)12)3(9)6(20(16,17)18)4(10)5(2)19(13,14)15;;;/h(H,11,12)(H,13,14,15)(H,16,17,18);;;/q;3*+1/p-3. The first-order chi connectivity index (χ1) is 8.80. The predicted octanol–water partition coefficient (Wildman–Crippen LogP) is -9.17. The number of carbonyl (C=O) groups excluding carboxylic acids is 1. The quantitative estimate of drug-likeness (QED) is 0.324. The molecule has 1 aromatic carbocycles. The molecule has 23 heavy (non-hydrogen) atoms. The van der Waals surface area contributed by atoms with E-state index in [1.807, 2.05) is 0 Å². The van der Waals surface area contributed by atoms with Gasteiger partial charge in [0.1, 0.15) is 20.2 Å². The number of carbonyl (C=O) groups is 1. The predicted molar refractivity (Wildman–Crippen MR) is 61.7 cm³/mol. The molecule has 8 nitrogen and oxygen atoms in total. The van der Waals surface area contributed by atoms with Crippen molar-refractivity contribution in [2.75, 3.05) is 0 Å². The van der Waals surface area contributed by atoms with Crippen LogP contribution in [0, 0.1) is 0 Å². The van der Waals surface area contributed by atoms with Crippen LogP contribution in [0.15, 0.2) is 9.79 Å². The fraction of sp³-hybridized carbons (Fsp3) is 0. The maximum atomic E-state index is 11.0. The summed E-state index contributed by atoms with van der Waals surface area (Å²) in [6, 6.07) is 0. The summed E-state index contributed by atoms with van der Waals surface area (Å²) in [6.07, 6.45) is 0. The fourth-order valence-corrected chi connectivity index (χ4v) is 4.59. The molecular weight excluding hydrogens is 452 g/mol. The number of hydrogen-bond donors (Lipinski definition) is 0. The first kappa shape index (κ1) is 30.1. The molecule has 0 fully saturated rings. The van der Waals surface area contributed by atoms with E-state index in [2.05, 4.69) is 0 Å². The van der Waals surface area contributed by atoms with Gasteiger partial charge in [-0.1, -0.05) is 34.8 Å². The van der Waals surface area contributed by atoms with E-state index in [0.717, 1.165) is 0 Å². The summed E-state index contributed by atoms with van der Waals surface area (Å²) in [5, 5.41) is 6.92. The molecule has 0 saturated heterocycles. The van der Waals surface area contributed by atoms with Gasteiger partial charge < -0.3 is 19.0 Å². The molecule has 0 aliphatic carbocycles. The van der Waals surface area contributed by atoms with Gasteiger partial charge in [-0.05, 0) is 0 Å². The summed E-state index contributed by atoms with van der Waals surface area (Å²) in [7, 11) is -11.0. The van der Waals surface area contributed by atoms with Gasteiger partial charge in [-0.15, -0.1) is 0 Å². The minimum absolute atomic E-state index is 0. The topological polar surface area (TPSA) is 155 Å². The third-order valence-electron chi connectivity index (χ3n) is 1.94. The Hall–Kier alpha value is 2.38. The van der Waals surface area contributed by atoms with Gasteiger partial charge in [-0.2, -0.15) is 0 Å². The van der Waals surface area contributed by atoms with Crippen LogP contribution in [0.3, 0.4) is 0 Å². The van der Waals surface area contributed by atoms with E-state index in [1.54, 1.807) is 0 Å². The normalized spacial score (nSPS) is 10.8. The molecular formula is C7Cl3Na3O8S2. The smallest absolute Gasteiger partial charge is 0.744 e. The van der Waals surface area contributed by atoms with Gasteiger partial charge >= 0.3 is 88.7 Å². The summed E-state index contributed by atoms with van der Waals surface area (Å²) in [5.74, 6) is -2.20. The average molecular weight is 452 g/mol. The van der Waals surface area contributed by atoms with E-state index in [0.29, 0.717) is 0 Å². The van der Waals surface area contributed by atoms with Gasteiger partial charge in [0, 0.05) is 5.56 Å². The van der Waals surface area contributed by atoms with Gasteiger partial charge in [-0.25, -0.2) is 16.8 Å². The molecule has 0 bridgehead atoms. The number of carboxylic acid groups (broad SMARTS) is 1.